The molecule has 0 aliphatic heterocycles. The van der Waals surface area contributed by atoms with E-state index in [1.165, 1.54) is 16.8 Å². The fraction of sp³-hybridized carbons (Fsp3) is 0.182. The lowest BCUT2D eigenvalue weighted by atomic mass is 10.2. The van der Waals surface area contributed by atoms with E-state index < -0.39 is 5.97 Å². The number of carbonyl (C=O) groups is 1. The highest BCUT2D eigenvalue weighted by Crippen LogP contribution is 2.20. The minimum atomic E-state index is -1.02. The molecule has 0 bridgehead atoms. The third-order valence-corrected chi connectivity index (χ3v) is 2.98. The van der Waals surface area contributed by atoms with Crippen molar-refractivity contribution in [3.05, 3.63) is 40.8 Å². The van der Waals surface area contributed by atoms with Gasteiger partial charge >= 0.3 is 5.97 Å². The molecule has 88 valence electrons. The van der Waals surface area contributed by atoms with E-state index in [4.69, 9.17) is 5.11 Å². The summed E-state index contributed by atoms with van der Waals surface area (Å²) >= 11 is 1.28. The largest absolute Gasteiger partial charge is 0.476 e. The first kappa shape index (κ1) is 11.5. The normalized spacial score (nSPS) is 10.2. The SMILES string of the molecule is Cc1ccc(CNc2scnc2C(=O)O)cn1. The second-order valence-electron chi connectivity index (χ2n) is 3.50. The molecule has 2 aromatic rings. The summed E-state index contributed by atoms with van der Waals surface area (Å²) in [6.45, 7) is 2.46. The van der Waals surface area contributed by atoms with E-state index >= 15 is 0 Å². The first-order chi connectivity index (χ1) is 8.16. The van der Waals surface area contributed by atoms with Crippen LogP contribution >= 0.6 is 11.3 Å². The zero-order valence-corrected chi connectivity index (χ0v) is 9.99. The van der Waals surface area contributed by atoms with Gasteiger partial charge in [0.25, 0.3) is 0 Å². The zero-order chi connectivity index (χ0) is 12.3. The molecular weight excluding hydrogens is 238 g/mol. The maximum absolute atomic E-state index is 10.8. The average molecular weight is 249 g/mol. The summed E-state index contributed by atoms with van der Waals surface area (Å²) in [5.41, 5.74) is 3.53. The van der Waals surface area contributed by atoms with E-state index in [2.05, 4.69) is 15.3 Å². The van der Waals surface area contributed by atoms with Crippen molar-refractivity contribution < 1.29 is 9.90 Å². The van der Waals surface area contributed by atoms with Gasteiger partial charge in [-0.1, -0.05) is 6.07 Å². The number of carboxylic acid groups (broad SMARTS) is 1. The van der Waals surface area contributed by atoms with Crippen LogP contribution in [0.4, 0.5) is 5.00 Å². The van der Waals surface area contributed by atoms with Crippen LogP contribution in [0.3, 0.4) is 0 Å². The summed E-state index contributed by atoms with van der Waals surface area (Å²) in [5.74, 6) is -1.02. The van der Waals surface area contributed by atoms with E-state index in [0.29, 0.717) is 11.5 Å². The van der Waals surface area contributed by atoms with Crippen molar-refractivity contribution in [1.29, 1.82) is 0 Å². The van der Waals surface area contributed by atoms with Gasteiger partial charge in [0.1, 0.15) is 5.00 Å². The number of thiazole rings is 1. The van der Waals surface area contributed by atoms with Crippen LogP contribution in [0.2, 0.25) is 0 Å². The van der Waals surface area contributed by atoms with Crippen LogP contribution in [0.15, 0.2) is 23.8 Å². The maximum atomic E-state index is 10.8. The Morgan fingerprint density at radius 2 is 2.29 bits per heavy atom. The van der Waals surface area contributed by atoms with Crippen LogP contribution in [-0.4, -0.2) is 21.0 Å². The molecule has 6 heteroatoms. The van der Waals surface area contributed by atoms with Gasteiger partial charge in [-0.15, -0.1) is 11.3 Å². The minimum Gasteiger partial charge on any atom is -0.476 e. The van der Waals surface area contributed by atoms with Crippen LogP contribution in [-0.2, 0) is 6.54 Å². The summed E-state index contributed by atoms with van der Waals surface area (Å²) in [7, 11) is 0. The van der Waals surface area contributed by atoms with Crippen LogP contribution in [0, 0.1) is 6.92 Å². The average Bonchev–Trinajstić information content (AvgIpc) is 2.76. The molecule has 0 atom stereocenters. The number of hydrogen-bond donors (Lipinski definition) is 2. The molecule has 0 saturated carbocycles. The highest BCUT2D eigenvalue weighted by atomic mass is 32.1. The van der Waals surface area contributed by atoms with E-state index in [0.717, 1.165) is 11.3 Å². The van der Waals surface area contributed by atoms with E-state index in [1.54, 1.807) is 6.20 Å². The molecule has 2 heterocycles. The summed E-state index contributed by atoms with van der Waals surface area (Å²) in [4.78, 5) is 18.8. The van der Waals surface area contributed by atoms with Crippen molar-refractivity contribution in [1.82, 2.24) is 9.97 Å². The summed E-state index contributed by atoms with van der Waals surface area (Å²) in [6.07, 6.45) is 1.77. The molecule has 2 N–H and O–H groups in total. The molecule has 2 rings (SSSR count). The Labute approximate surface area is 102 Å². The Bertz CT molecular complexity index is 522. The number of aromatic nitrogens is 2. The fourth-order valence-corrected chi connectivity index (χ4v) is 1.98. The van der Waals surface area contributed by atoms with Crippen molar-refractivity contribution >= 4 is 22.3 Å². The number of aromatic carboxylic acids is 1. The molecule has 17 heavy (non-hydrogen) atoms. The number of hydrogen-bond acceptors (Lipinski definition) is 5. The van der Waals surface area contributed by atoms with E-state index in [9.17, 15) is 4.79 Å². The van der Waals surface area contributed by atoms with Gasteiger partial charge in [-0.3, -0.25) is 4.98 Å². The second-order valence-corrected chi connectivity index (χ2v) is 4.35. The standard InChI is InChI=1S/C11H11N3O2S/c1-7-2-3-8(4-12-7)5-13-10-9(11(15)16)14-6-17-10/h2-4,6,13H,5H2,1H3,(H,15,16). The van der Waals surface area contributed by atoms with Crippen LogP contribution in [0.25, 0.3) is 0 Å². The predicted octanol–water partition coefficient (Wildman–Crippen LogP) is 2.16. The lowest BCUT2D eigenvalue weighted by molar-refractivity contribution is 0.0692. The Hall–Kier alpha value is -1.95. The third-order valence-electron chi connectivity index (χ3n) is 2.20. The zero-order valence-electron chi connectivity index (χ0n) is 9.17. The van der Waals surface area contributed by atoms with Gasteiger partial charge in [-0.05, 0) is 18.6 Å². The van der Waals surface area contributed by atoms with Gasteiger partial charge in [0.15, 0.2) is 5.69 Å². The molecule has 0 aliphatic carbocycles. The molecule has 0 fully saturated rings. The number of rotatable bonds is 4. The number of pyridine rings is 1. The topological polar surface area (TPSA) is 75.1 Å². The van der Waals surface area contributed by atoms with Crippen molar-refractivity contribution in [2.24, 2.45) is 0 Å². The Balaban J connectivity index is 2.05. The summed E-state index contributed by atoms with van der Waals surface area (Å²) < 4.78 is 0. The maximum Gasteiger partial charge on any atom is 0.357 e. The van der Waals surface area contributed by atoms with Crippen molar-refractivity contribution in [3.63, 3.8) is 0 Å². The third kappa shape index (κ3) is 2.79. The summed E-state index contributed by atoms with van der Waals surface area (Å²) in [6, 6.07) is 3.87. The predicted molar refractivity (Wildman–Crippen MR) is 65.4 cm³/mol. The number of anilines is 1. The van der Waals surface area contributed by atoms with Crippen molar-refractivity contribution in [3.8, 4) is 0 Å². The smallest absolute Gasteiger partial charge is 0.357 e. The first-order valence-electron chi connectivity index (χ1n) is 4.99. The molecular formula is C11H11N3O2S. The Morgan fingerprint density at radius 3 is 2.94 bits per heavy atom. The quantitative estimate of drug-likeness (QED) is 0.868. The van der Waals surface area contributed by atoms with Gasteiger partial charge in [-0.25, -0.2) is 9.78 Å². The van der Waals surface area contributed by atoms with Crippen LogP contribution < -0.4 is 5.32 Å². The highest BCUT2D eigenvalue weighted by molar-refractivity contribution is 7.14. The fourth-order valence-electron chi connectivity index (χ4n) is 1.31. The van der Waals surface area contributed by atoms with Crippen molar-refractivity contribution in [2.45, 2.75) is 13.5 Å². The number of aryl methyl sites for hydroxylation is 1. The monoisotopic (exact) mass is 249 g/mol. The van der Waals surface area contributed by atoms with Crippen molar-refractivity contribution in [2.75, 3.05) is 5.32 Å². The number of carboxylic acids is 1. The lowest BCUT2D eigenvalue weighted by Gasteiger charge is -2.04. The molecule has 0 spiro atoms. The minimum absolute atomic E-state index is 0.0649. The number of nitrogens with one attached hydrogen (secondary N) is 1. The van der Waals surface area contributed by atoms with Gasteiger partial charge in [0.05, 0.1) is 5.51 Å². The van der Waals surface area contributed by atoms with E-state index in [1.807, 2.05) is 19.1 Å². The summed E-state index contributed by atoms with van der Waals surface area (Å²) in [5, 5.41) is 12.5. The first-order valence-corrected chi connectivity index (χ1v) is 5.87. The highest BCUT2D eigenvalue weighted by Gasteiger charge is 2.12. The van der Waals surface area contributed by atoms with Crippen LogP contribution in [0.1, 0.15) is 21.7 Å². The molecule has 0 aromatic carbocycles. The molecule has 2 aromatic heterocycles. The molecule has 0 unspecified atom stereocenters. The molecule has 0 saturated heterocycles. The second kappa shape index (κ2) is 4.92. The van der Waals surface area contributed by atoms with Crippen LogP contribution in [0.5, 0.6) is 0 Å². The van der Waals surface area contributed by atoms with E-state index in [-0.39, 0.29) is 5.69 Å². The number of nitrogens with zero attached hydrogens (tertiary/aromatic N) is 2. The molecule has 5 nitrogen and oxygen atoms in total. The Kier molecular flexibility index (Phi) is 3.34. The van der Waals surface area contributed by atoms with Gasteiger partial charge in [0.2, 0.25) is 0 Å². The molecule has 0 aliphatic rings. The lowest BCUT2D eigenvalue weighted by Crippen LogP contribution is -2.05. The molecule has 0 radical (unpaired) electrons. The Morgan fingerprint density at radius 1 is 1.47 bits per heavy atom. The molecule has 0 amide bonds. The van der Waals surface area contributed by atoms with Gasteiger partial charge < -0.3 is 10.4 Å². The van der Waals surface area contributed by atoms with Gasteiger partial charge in [0, 0.05) is 18.4 Å². The van der Waals surface area contributed by atoms with Gasteiger partial charge in [-0.2, -0.15) is 0 Å².